The van der Waals surface area contributed by atoms with Crippen molar-refractivity contribution in [3.63, 3.8) is 0 Å². The summed E-state index contributed by atoms with van der Waals surface area (Å²) in [6.07, 6.45) is 7.34. The van der Waals surface area contributed by atoms with Gasteiger partial charge >= 0.3 is 5.97 Å². The van der Waals surface area contributed by atoms with Crippen molar-refractivity contribution < 1.29 is 9.90 Å². The van der Waals surface area contributed by atoms with Gasteiger partial charge in [0.2, 0.25) is 0 Å². The van der Waals surface area contributed by atoms with Crippen LogP contribution in [0.15, 0.2) is 42.5 Å². The van der Waals surface area contributed by atoms with Crippen LogP contribution in [-0.2, 0) is 6.54 Å². The summed E-state index contributed by atoms with van der Waals surface area (Å²) in [5.74, 6) is -0.314. The van der Waals surface area contributed by atoms with E-state index in [9.17, 15) is 9.90 Å². The summed E-state index contributed by atoms with van der Waals surface area (Å²) in [5, 5.41) is 11.0. The molecule has 0 radical (unpaired) electrons. The van der Waals surface area contributed by atoms with Crippen LogP contribution in [0.1, 0.15) is 72.0 Å². The monoisotopic (exact) mass is 459 g/mol. The number of hydrogen-bond acceptors (Lipinski definition) is 3. The normalized spacial score (nSPS) is 18.8. The van der Waals surface area contributed by atoms with Gasteiger partial charge in [-0.1, -0.05) is 49.6 Å². The predicted molar refractivity (Wildman–Crippen MR) is 139 cm³/mol. The fourth-order valence-corrected chi connectivity index (χ4v) is 6.22. The number of carboxylic acid groups (broad SMARTS) is 1. The van der Waals surface area contributed by atoms with Gasteiger partial charge in [0.15, 0.2) is 0 Å². The molecule has 0 amide bonds. The Morgan fingerprint density at radius 1 is 1.00 bits per heavy atom. The second-order valence-corrected chi connectivity index (χ2v) is 10.5. The molecule has 1 unspecified atom stereocenters. The molecule has 5 heteroatoms. The van der Waals surface area contributed by atoms with E-state index in [0.717, 1.165) is 31.6 Å². The summed E-state index contributed by atoms with van der Waals surface area (Å²) in [5.41, 5.74) is 6.98. The zero-order valence-electron chi connectivity index (χ0n) is 20.8. The zero-order valence-corrected chi connectivity index (χ0v) is 20.8. The molecular formula is C29H37N3O2. The minimum atomic E-state index is -0.855. The summed E-state index contributed by atoms with van der Waals surface area (Å²) in [6, 6.07) is 15.1. The van der Waals surface area contributed by atoms with E-state index in [1.165, 1.54) is 59.9 Å². The number of benzene rings is 2. The molecule has 2 aromatic carbocycles. The molecule has 1 aromatic heterocycles. The van der Waals surface area contributed by atoms with Crippen LogP contribution in [0.5, 0.6) is 0 Å². The largest absolute Gasteiger partial charge is 0.478 e. The first kappa shape index (κ1) is 23.1. The molecule has 5 rings (SSSR count). The van der Waals surface area contributed by atoms with Crippen molar-refractivity contribution >= 4 is 16.9 Å². The molecule has 1 aliphatic carbocycles. The number of rotatable bonds is 6. The van der Waals surface area contributed by atoms with Crippen molar-refractivity contribution in [2.75, 3.05) is 34.2 Å². The minimum Gasteiger partial charge on any atom is -0.478 e. The highest BCUT2D eigenvalue weighted by Crippen LogP contribution is 2.48. The maximum absolute atomic E-state index is 11.8. The number of fused-ring (bicyclic) bond motifs is 5. The first-order valence-electron chi connectivity index (χ1n) is 12.8. The van der Waals surface area contributed by atoms with E-state index in [2.05, 4.69) is 65.8 Å². The summed E-state index contributed by atoms with van der Waals surface area (Å²) < 4.78 is 2.45. The number of likely N-dealkylation sites (N-methyl/N-ethyl adjacent to an activating group) is 2. The number of carboxylic acids is 1. The number of hydrogen-bond donors (Lipinski definition) is 1. The Bertz CT molecular complexity index is 1190. The van der Waals surface area contributed by atoms with Crippen LogP contribution in [0.3, 0.4) is 0 Å². The van der Waals surface area contributed by atoms with Crippen molar-refractivity contribution in [1.82, 2.24) is 14.4 Å². The third kappa shape index (κ3) is 4.16. The second kappa shape index (κ2) is 9.55. The molecule has 1 saturated carbocycles. The fourth-order valence-electron chi connectivity index (χ4n) is 6.22. The van der Waals surface area contributed by atoms with Crippen molar-refractivity contribution in [2.45, 2.75) is 57.0 Å². The van der Waals surface area contributed by atoms with Gasteiger partial charge in [0.05, 0.1) is 11.3 Å². The summed E-state index contributed by atoms with van der Waals surface area (Å²) >= 11 is 0. The highest BCUT2D eigenvalue weighted by Gasteiger charge is 2.32. The van der Waals surface area contributed by atoms with Gasteiger partial charge in [-0.2, -0.15) is 0 Å². The molecule has 0 saturated heterocycles. The van der Waals surface area contributed by atoms with E-state index in [1.807, 2.05) is 6.07 Å². The lowest BCUT2D eigenvalue weighted by molar-refractivity contribution is 0.0697. The lowest BCUT2D eigenvalue weighted by atomic mass is 9.81. The second-order valence-electron chi connectivity index (χ2n) is 10.5. The van der Waals surface area contributed by atoms with Gasteiger partial charge in [-0.15, -0.1) is 0 Å². The Balaban J connectivity index is 1.70. The summed E-state index contributed by atoms with van der Waals surface area (Å²) in [6.45, 7) is 2.94. The first-order valence-corrected chi connectivity index (χ1v) is 12.8. The van der Waals surface area contributed by atoms with Gasteiger partial charge in [-0.05, 0) is 69.6 Å². The first-order chi connectivity index (χ1) is 16.5. The molecule has 2 aliphatic rings. The number of carbonyl (C=O) groups is 1. The van der Waals surface area contributed by atoms with Gasteiger partial charge in [0.25, 0.3) is 0 Å². The molecule has 1 atom stereocenters. The number of aromatic carboxylic acids is 1. The van der Waals surface area contributed by atoms with Crippen LogP contribution >= 0.6 is 0 Å². The molecule has 3 aromatic rings. The third-order valence-electron chi connectivity index (χ3n) is 8.00. The maximum atomic E-state index is 11.8. The van der Waals surface area contributed by atoms with Gasteiger partial charge in [0.1, 0.15) is 0 Å². The van der Waals surface area contributed by atoms with E-state index < -0.39 is 5.97 Å². The lowest BCUT2D eigenvalue weighted by Gasteiger charge is -2.30. The number of aromatic nitrogens is 1. The predicted octanol–water partition coefficient (Wildman–Crippen LogP) is 5.99. The Morgan fingerprint density at radius 3 is 2.50 bits per heavy atom. The average molecular weight is 460 g/mol. The Hall–Kier alpha value is -2.63. The van der Waals surface area contributed by atoms with Crippen LogP contribution in [0.2, 0.25) is 0 Å². The highest BCUT2D eigenvalue weighted by molar-refractivity contribution is 5.98. The Labute approximate surface area is 203 Å². The summed E-state index contributed by atoms with van der Waals surface area (Å²) in [4.78, 5) is 16.6. The van der Waals surface area contributed by atoms with Crippen LogP contribution in [0.4, 0.5) is 0 Å². The third-order valence-corrected chi connectivity index (χ3v) is 8.00. The van der Waals surface area contributed by atoms with Gasteiger partial charge in [-0.25, -0.2) is 4.79 Å². The van der Waals surface area contributed by atoms with Crippen LogP contribution in [0.25, 0.3) is 22.2 Å². The minimum absolute atomic E-state index is 0.341. The smallest absolute Gasteiger partial charge is 0.335 e. The van der Waals surface area contributed by atoms with Crippen molar-refractivity contribution in [3.05, 3.63) is 59.2 Å². The van der Waals surface area contributed by atoms with Crippen molar-refractivity contribution in [3.8, 4) is 11.3 Å². The van der Waals surface area contributed by atoms with Crippen molar-refractivity contribution in [2.24, 2.45) is 0 Å². The van der Waals surface area contributed by atoms with Gasteiger partial charge < -0.3 is 14.6 Å². The molecule has 1 aliphatic heterocycles. The van der Waals surface area contributed by atoms with E-state index in [1.54, 1.807) is 6.07 Å². The number of nitrogens with zero attached hydrogens (tertiary/aromatic N) is 3. The van der Waals surface area contributed by atoms with E-state index in [4.69, 9.17) is 0 Å². The Morgan fingerprint density at radius 2 is 1.76 bits per heavy atom. The number of aryl methyl sites for hydroxylation is 1. The SMILES string of the molecule is CN(C)CCN(C)C1CCn2c(c(C3CCCCC3)c3ccc(C(=O)O)cc32)-c2ccccc21. The Kier molecular flexibility index (Phi) is 6.50. The molecule has 1 fully saturated rings. The van der Waals surface area contributed by atoms with Crippen LogP contribution in [0, 0.1) is 0 Å². The quantitative estimate of drug-likeness (QED) is 0.492. The maximum Gasteiger partial charge on any atom is 0.335 e. The molecule has 5 nitrogen and oxygen atoms in total. The zero-order chi connectivity index (χ0) is 23.8. The molecule has 1 N–H and O–H groups in total. The molecule has 34 heavy (non-hydrogen) atoms. The molecule has 180 valence electrons. The van der Waals surface area contributed by atoms with Crippen LogP contribution in [-0.4, -0.2) is 59.7 Å². The van der Waals surface area contributed by atoms with E-state index in [-0.39, 0.29) is 0 Å². The van der Waals surface area contributed by atoms with E-state index in [0.29, 0.717) is 17.5 Å². The fraction of sp³-hybridized carbons (Fsp3) is 0.483. The summed E-state index contributed by atoms with van der Waals surface area (Å²) in [7, 11) is 6.50. The highest BCUT2D eigenvalue weighted by atomic mass is 16.4. The van der Waals surface area contributed by atoms with Crippen molar-refractivity contribution in [1.29, 1.82) is 0 Å². The van der Waals surface area contributed by atoms with Gasteiger partial charge in [-0.3, -0.25) is 4.90 Å². The molecule has 0 spiro atoms. The molecule has 2 heterocycles. The average Bonchev–Trinajstić information content (AvgIpc) is 3.06. The molecular weight excluding hydrogens is 422 g/mol. The molecule has 0 bridgehead atoms. The lowest BCUT2D eigenvalue weighted by Crippen LogP contribution is -2.32. The topological polar surface area (TPSA) is 48.7 Å². The van der Waals surface area contributed by atoms with Gasteiger partial charge in [0, 0.05) is 42.1 Å². The van der Waals surface area contributed by atoms with E-state index >= 15 is 0 Å². The van der Waals surface area contributed by atoms with Crippen LogP contribution < -0.4 is 0 Å². The standard InChI is InChI=1S/C29H37N3O2/c1-30(2)17-18-31(3)25-15-16-32-26-19-21(29(33)34)13-14-24(26)27(20-9-5-4-6-10-20)28(32)23-12-8-7-11-22(23)25/h7-8,11-14,19-20,25H,4-6,9-10,15-18H2,1-3H3,(H,33,34).